The molecule has 1 aliphatic carbocycles. The van der Waals surface area contributed by atoms with Gasteiger partial charge in [0.25, 0.3) is 0 Å². The largest absolute Gasteiger partial charge is 0.0594 e. The lowest BCUT2D eigenvalue weighted by Gasteiger charge is -2.60. The van der Waals surface area contributed by atoms with E-state index in [2.05, 4.69) is 55.4 Å². The Hall–Kier alpha value is 0. The Morgan fingerprint density at radius 3 is 0.714 bits per heavy atom. The van der Waals surface area contributed by atoms with Crippen LogP contribution in [-0.2, 0) is 0 Å². The van der Waals surface area contributed by atoms with E-state index in [1.165, 1.54) is 12.8 Å². The highest BCUT2D eigenvalue weighted by atomic mass is 14.6. The second-order valence-corrected chi connectivity index (χ2v) is 7.89. The van der Waals surface area contributed by atoms with E-state index >= 15 is 0 Å². The third-order valence-electron chi connectivity index (χ3n) is 5.43. The molecule has 0 saturated heterocycles. The third-order valence-corrected chi connectivity index (χ3v) is 5.43. The van der Waals surface area contributed by atoms with Crippen LogP contribution < -0.4 is 0 Å². The van der Waals surface area contributed by atoms with Crippen LogP contribution in [0.1, 0.15) is 68.2 Å². The minimum absolute atomic E-state index is 0.464. The van der Waals surface area contributed by atoms with Gasteiger partial charge in [-0.2, -0.15) is 0 Å². The molecule has 0 heterocycles. The molecule has 0 radical (unpaired) electrons. The lowest BCUT2D eigenvalue weighted by atomic mass is 9.45. The van der Waals surface area contributed by atoms with Crippen molar-refractivity contribution in [2.45, 2.75) is 68.2 Å². The quantitative estimate of drug-likeness (QED) is 0.518. The van der Waals surface area contributed by atoms with Gasteiger partial charge in [-0.15, -0.1) is 0 Å². The first kappa shape index (κ1) is 12.1. The van der Waals surface area contributed by atoms with Gasteiger partial charge in [-0.25, -0.2) is 0 Å². The lowest BCUT2D eigenvalue weighted by molar-refractivity contribution is -0.101. The average molecular weight is 196 g/mol. The van der Waals surface area contributed by atoms with Crippen LogP contribution in [0.2, 0.25) is 0 Å². The molecular formula is C14H28. The van der Waals surface area contributed by atoms with E-state index in [9.17, 15) is 0 Å². The van der Waals surface area contributed by atoms with Gasteiger partial charge in [0.05, 0.1) is 0 Å². The Labute approximate surface area is 90.5 Å². The summed E-state index contributed by atoms with van der Waals surface area (Å²) in [5, 5.41) is 0. The first-order chi connectivity index (χ1) is 5.91. The van der Waals surface area contributed by atoms with E-state index < -0.39 is 0 Å². The van der Waals surface area contributed by atoms with E-state index in [-0.39, 0.29) is 0 Å². The zero-order chi connectivity index (χ0) is 11.4. The Morgan fingerprint density at radius 1 is 0.429 bits per heavy atom. The number of rotatable bonds is 0. The van der Waals surface area contributed by atoms with Crippen molar-refractivity contribution < 1.29 is 0 Å². The molecule has 0 unspecified atom stereocenters. The topological polar surface area (TPSA) is 0 Å². The molecular weight excluding hydrogens is 168 g/mol. The summed E-state index contributed by atoms with van der Waals surface area (Å²) in [7, 11) is 0. The standard InChI is InChI=1S/C14H28/c1-11(2)9-13(5,6)14(7,8)10-12(11,3)4/h9-10H2,1-8H3. The van der Waals surface area contributed by atoms with Gasteiger partial charge in [0.15, 0.2) is 0 Å². The maximum absolute atomic E-state index is 2.43. The smallest absolute Gasteiger partial charge is 0.0297 e. The number of hydrogen-bond acceptors (Lipinski definition) is 0. The summed E-state index contributed by atoms with van der Waals surface area (Å²) in [6, 6.07) is 0. The average Bonchev–Trinajstić information content (AvgIpc) is 1.78. The van der Waals surface area contributed by atoms with E-state index in [1.807, 2.05) is 0 Å². The molecule has 1 rings (SSSR count). The summed E-state index contributed by atoms with van der Waals surface area (Å²) in [6.45, 7) is 19.5. The minimum Gasteiger partial charge on any atom is -0.0594 e. The maximum atomic E-state index is 2.43. The van der Waals surface area contributed by atoms with Crippen molar-refractivity contribution >= 4 is 0 Å². The Balaban J connectivity index is 3.07. The fraction of sp³-hybridized carbons (Fsp3) is 1.00. The highest BCUT2D eigenvalue weighted by Crippen LogP contribution is 2.63. The SMILES string of the molecule is CC1(C)CC(C)(C)C(C)(C)CC1(C)C. The molecule has 0 aromatic carbocycles. The summed E-state index contributed by atoms with van der Waals surface area (Å²) >= 11 is 0. The normalized spacial score (nSPS) is 32.6. The molecule has 0 bridgehead atoms. The van der Waals surface area contributed by atoms with Crippen LogP contribution >= 0.6 is 0 Å². The van der Waals surface area contributed by atoms with Gasteiger partial charge in [0.2, 0.25) is 0 Å². The zero-order valence-electron chi connectivity index (χ0n) is 11.4. The fourth-order valence-electron chi connectivity index (χ4n) is 3.17. The molecule has 14 heavy (non-hydrogen) atoms. The summed E-state index contributed by atoms with van der Waals surface area (Å²) in [6.07, 6.45) is 2.67. The van der Waals surface area contributed by atoms with Crippen LogP contribution in [0, 0.1) is 21.7 Å². The second-order valence-electron chi connectivity index (χ2n) is 7.89. The van der Waals surface area contributed by atoms with E-state index in [1.54, 1.807) is 0 Å². The molecule has 0 heteroatoms. The van der Waals surface area contributed by atoms with Gasteiger partial charge in [-0.3, -0.25) is 0 Å². The van der Waals surface area contributed by atoms with E-state index in [0.29, 0.717) is 21.7 Å². The van der Waals surface area contributed by atoms with Gasteiger partial charge in [0.1, 0.15) is 0 Å². The molecule has 1 fully saturated rings. The maximum Gasteiger partial charge on any atom is -0.0297 e. The Morgan fingerprint density at radius 2 is 0.571 bits per heavy atom. The summed E-state index contributed by atoms with van der Waals surface area (Å²) in [5.41, 5.74) is 1.86. The van der Waals surface area contributed by atoms with Gasteiger partial charge in [-0.1, -0.05) is 55.4 Å². The fourth-order valence-corrected chi connectivity index (χ4v) is 3.17. The number of hydrogen-bond donors (Lipinski definition) is 0. The van der Waals surface area contributed by atoms with Crippen LogP contribution in [0.3, 0.4) is 0 Å². The Kier molecular flexibility index (Phi) is 2.39. The lowest BCUT2D eigenvalue weighted by Crippen LogP contribution is -2.51. The molecule has 0 spiro atoms. The van der Waals surface area contributed by atoms with Crippen molar-refractivity contribution in [3.05, 3.63) is 0 Å². The first-order valence-corrected chi connectivity index (χ1v) is 5.91. The van der Waals surface area contributed by atoms with Gasteiger partial charge >= 0.3 is 0 Å². The van der Waals surface area contributed by atoms with Crippen molar-refractivity contribution in [2.75, 3.05) is 0 Å². The molecule has 0 aliphatic heterocycles. The summed E-state index contributed by atoms with van der Waals surface area (Å²) < 4.78 is 0. The zero-order valence-corrected chi connectivity index (χ0v) is 11.4. The molecule has 1 saturated carbocycles. The second kappa shape index (κ2) is 2.77. The van der Waals surface area contributed by atoms with Crippen LogP contribution in [0.15, 0.2) is 0 Å². The van der Waals surface area contributed by atoms with Crippen molar-refractivity contribution in [3.8, 4) is 0 Å². The predicted octanol–water partition coefficient (Wildman–Crippen LogP) is 4.89. The van der Waals surface area contributed by atoms with Crippen LogP contribution in [0.4, 0.5) is 0 Å². The first-order valence-electron chi connectivity index (χ1n) is 5.91. The molecule has 84 valence electrons. The van der Waals surface area contributed by atoms with Crippen LogP contribution in [0.5, 0.6) is 0 Å². The summed E-state index contributed by atoms with van der Waals surface area (Å²) in [5.74, 6) is 0. The molecule has 0 aromatic rings. The Bertz CT molecular complexity index is 178. The predicted molar refractivity (Wildman–Crippen MR) is 64.4 cm³/mol. The van der Waals surface area contributed by atoms with Crippen LogP contribution in [-0.4, -0.2) is 0 Å². The molecule has 0 N–H and O–H groups in total. The molecule has 1 aliphatic rings. The minimum atomic E-state index is 0.464. The van der Waals surface area contributed by atoms with Gasteiger partial charge in [-0.05, 0) is 34.5 Å². The van der Waals surface area contributed by atoms with Crippen molar-refractivity contribution in [3.63, 3.8) is 0 Å². The van der Waals surface area contributed by atoms with Crippen molar-refractivity contribution in [1.29, 1.82) is 0 Å². The highest BCUT2D eigenvalue weighted by Gasteiger charge is 2.53. The molecule has 0 atom stereocenters. The molecule has 0 nitrogen and oxygen atoms in total. The monoisotopic (exact) mass is 196 g/mol. The van der Waals surface area contributed by atoms with Crippen LogP contribution in [0.25, 0.3) is 0 Å². The van der Waals surface area contributed by atoms with Gasteiger partial charge in [0, 0.05) is 0 Å². The van der Waals surface area contributed by atoms with Gasteiger partial charge < -0.3 is 0 Å². The van der Waals surface area contributed by atoms with Crippen molar-refractivity contribution in [2.24, 2.45) is 21.7 Å². The van der Waals surface area contributed by atoms with E-state index in [0.717, 1.165) is 0 Å². The van der Waals surface area contributed by atoms with E-state index in [4.69, 9.17) is 0 Å². The highest BCUT2D eigenvalue weighted by molar-refractivity contribution is 5.03. The molecule has 0 aromatic heterocycles. The third kappa shape index (κ3) is 1.61. The summed E-state index contributed by atoms with van der Waals surface area (Å²) in [4.78, 5) is 0. The molecule has 0 amide bonds. The van der Waals surface area contributed by atoms with Crippen molar-refractivity contribution in [1.82, 2.24) is 0 Å².